The van der Waals surface area contributed by atoms with Gasteiger partial charge in [-0.15, -0.1) is 0 Å². The fraction of sp³-hybridized carbons (Fsp3) is 0.500. The predicted molar refractivity (Wildman–Crippen MR) is 74.0 cm³/mol. The van der Waals surface area contributed by atoms with Crippen LogP contribution in [0.4, 0.5) is 5.69 Å². The molecule has 18 heavy (non-hydrogen) atoms. The van der Waals surface area contributed by atoms with Crippen LogP contribution in [0.3, 0.4) is 0 Å². The van der Waals surface area contributed by atoms with Crippen molar-refractivity contribution in [1.29, 1.82) is 0 Å². The van der Waals surface area contributed by atoms with E-state index in [4.69, 9.17) is 5.11 Å². The Hall–Kier alpha value is -1.55. The first kappa shape index (κ1) is 14.5. The molecule has 1 aromatic rings. The van der Waals surface area contributed by atoms with Crippen molar-refractivity contribution in [1.82, 2.24) is 4.90 Å². The van der Waals surface area contributed by atoms with Crippen molar-refractivity contribution in [2.24, 2.45) is 0 Å². The fourth-order valence-corrected chi connectivity index (χ4v) is 1.73. The van der Waals surface area contributed by atoms with E-state index >= 15 is 0 Å². The monoisotopic (exact) mass is 250 g/mol. The molecule has 1 aromatic carbocycles. The zero-order valence-corrected chi connectivity index (χ0v) is 11.6. The van der Waals surface area contributed by atoms with Crippen LogP contribution in [-0.4, -0.2) is 42.7 Å². The molecule has 0 unspecified atom stereocenters. The number of rotatable bonds is 6. The average molecular weight is 250 g/mol. The molecular weight excluding hydrogens is 228 g/mol. The van der Waals surface area contributed by atoms with Gasteiger partial charge in [0.25, 0.3) is 0 Å². The molecule has 0 amide bonds. The third-order valence-electron chi connectivity index (χ3n) is 2.91. The van der Waals surface area contributed by atoms with Gasteiger partial charge in [-0.1, -0.05) is 12.1 Å². The molecule has 1 rings (SSSR count). The summed E-state index contributed by atoms with van der Waals surface area (Å²) in [5.41, 5.74) is 2.28. The number of aliphatic carboxylic acids is 1. The maximum atomic E-state index is 10.8. The highest BCUT2D eigenvalue weighted by atomic mass is 16.4. The Morgan fingerprint density at radius 3 is 2.17 bits per heavy atom. The summed E-state index contributed by atoms with van der Waals surface area (Å²) in [6.07, 6.45) is 0. The highest BCUT2D eigenvalue weighted by molar-refractivity contribution is 5.69. The summed E-state index contributed by atoms with van der Waals surface area (Å²) in [7, 11) is 4.00. The van der Waals surface area contributed by atoms with E-state index in [1.165, 1.54) is 0 Å². The summed E-state index contributed by atoms with van der Waals surface area (Å²) >= 11 is 0. The lowest BCUT2D eigenvalue weighted by Gasteiger charge is -2.24. The molecule has 4 nitrogen and oxygen atoms in total. The molecule has 0 saturated carbocycles. The van der Waals surface area contributed by atoms with Gasteiger partial charge in [-0.25, -0.2) is 0 Å². The highest BCUT2D eigenvalue weighted by Crippen LogP contribution is 2.14. The fourth-order valence-electron chi connectivity index (χ4n) is 1.73. The molecule has 0 spiro atoms. The first-order valence-corrected chi connectivity index (χ1v) is 6.12. The van der Waals surface area contributed by atoms with Crippen LogP contribution in [0.1, 0.15) is 19.4 Å². The second-order valence-corrected chi connectivity index (χ2v) is 4.95. The Kier molecular flexibility index (Phi) is 5.16. The minimum atomic E-state index is -0.784. The summed E-state index contributed by atoms with van der Waals surface area (Å²) in [6.45, 7) is 4.76. The Morgan fingerprint density at radius 1 is 1.22 bits per heavy atom. The molecule has 0 aromatic heterocycles. The zero-order chi connectivity index (χ0) is 13.7. The summed E-state index contributed by atoms with van der Waals surface area (Å²) in [5, 5.41) is 8.88. The topological polar surface area (TPSA) is 43.8 Å². The number of carboxylic acid groups (broad SMARTS) is 1. The molecule has 0 radical (unpaired) electrons. The van der Waals surface area contributed by atoms with E-state index in [2.05, 4.69) is 12.1 Å². The number of hydrogen-bond acceptors (Lipinski definition) is 3. The van der Waals surface area contributed by atoms with E-state index in [9.17, 15) is 4.79 Å². The molecule has 0 bridgehead atoms. The largest absolute Gasteiger partial charge is 0.480 e. The van der Waals surface area contributed by atoms with Crippen LogP contribution in [0.15, 0.2) is 24.3 Å². The Balaban J connectivity index is 2.72. The number of nitrogens with zero attached hydrogens (tertiary/aromatic N) is 2. The maximum Gasteiger partial charge on any atom is 0.317 e. The summed E-state index contributed by atoms with van der Waals surface area (Å²) in [5.74, 6) is -0.784. The molecule has 0 aliphatic rings. The van der Waals surface area contributed by atoms with Crippen LogP contribution in [0.5, 0.6) is 0 Å². The number of anilines is 1. The van der Waals surface area contributed by atoms with Crippen molar-refractivity contribution in [2.75, 3.05) is 25.5 Å². The van der Waals surface area contributed by atoms with Gasteiger partial charge in [0.15, 0.2) is 0 Å². The van der Waals surface area contributed by atoms with Crippen molar-refractivity contribution in [3.63, 3.8) is 0 Å². The van der Waals surface area contributed by atoms with Gasteiger partial charge in [0.05, 0.1) is 6.54 Å². The van der Waals surface area contributed by atoms with Crippen LogP contribution in [0, 0.1) is 0 Å². The van der Waals surface area contributed by atoms with Crippen LogP contribution in [-0.2, 0) is 11.3 Å². The van der Waals surface area contributed by atoms with E-state index in [0.717, 1.165) is 11.3 Å². The van der Waals surface area contributed by atoms with Gasteiger partial charge in [-0.3, -0.25) is 9.69 Å². The summed E-state index contributed by atoms with van der Waals surface area (Å²) in [4.78, 5) is 14.8. The Labute approximate surface area is 109 Å². The molecule has 0 saturated heterocycles. The third kappa shape index (κ3) is 4.37. The maximum absolute atomic E-state index is 10.8. The SMILES string of the molecule is CC(C)N(CC(=O)O)Cc1ccc(N(C)C)cc1. The van der Waals surface area contributed by atoms with Gasteiger partial charge in [-0.2, -0.15) is 0 Å². The molecule has 100 valence electrons. The molecular formula is C14H22N2O2. The standard InChI is InChI=1S/C14H22N2O2/c1-11(2)16(10-14(17)18)9-12-5-7-13(8-6-12)15(3)4/h5-8,11H,9-10H2,1-4H3,(H,17,18). The van der Waals surface area contributed by atoms with Crippen molar-refractivity contribution < 1.29 is 9.90 Å². The molecule has 0 fully saturated rings. The molecule has 0 heterocycles. The first-order valence-electron chi connectivity index (χ1n) is 6.12. The number of carboxylic acids is 1. The summed E-state index contributed by atoms with van der Waals surface area (Å²) < 4.78 is 0. The lowest BCUT2D eigenvalue weighted by molar-refractivity contribution is -0.138. The van der Waals surface area contributed by atoms with Crippen LogP contribution in [0.25, 0.3) is 0 Å². The smallest absolute Gasteiger partial charge is 0.317 e. The number of benzene rings is 1. The molecule has 0 atom stereocenters. The first-order chi connectivity index (χ1) is 8.40. The van der Waals surface area contributed by atoms with Crippen molar-refractivity contribution in [3.8, 4) is 0 Å². The molecule has 4 heteroatoms. The van der Waals surface area contributed by atoms with Crippen molar-refractivity contribution >= 4 is 11.7 Å². The highest BCUT2D eigenvalue weighted by Gasteiger charge is 2.13. The van der Waals surface area contributed by atoms with Crippen molar-refractivity contribution in [2.45, 2.75) is 26.4 Å². The summed E-state index contributed by atoms with van der Waals surface area (Å²) in [6, 6.07) is 8.41. The van der Waals surface area contributed by atoms with E-state index in [0.29, 0.717) is 6.54 Å². The van der Waals surface area contributed by atoms with E-state index < -0.39 is 5.97 Å². The van der Waals surface area contributed by atoms with Gasteiger partial charge in [0.1, 0.15) is 0 Å². The second kappa shape index (κ2) is 6.40. The van der Waals surface area contributed by atoms with Crippen LogP contribution in [0.2, 0.25) is 0 Å². The average Bonchev–Trinajstić information content (AvgIpc) is 2.28. The van der Waals surface area contributed by atoms with Gasteiger partial charge in [0, 0.05) is 32.4 Å². The van der Waals surface area contributed by atoms with Gasteiger partial charge in [-0.05, 0) is 31.5 Å². The minimum Gasteiger partial charge on any atom is -0.480 e. The molecule has 1 N–H and O–H groups in total. The lowest BCUT2D eigenvalue weighted by Crippen LogP contribution is -2.35. The van der Waals surface area contributed by atoms with Crippen molar-refractivity contribution in [3.05, 3.63) is 29.8 Å². The lowest BCUT2D eigenvalue weighted by atomic mass is 10.1. The Morgan fingerprint density at radius 2 is 1.78 bits per heavy atom. The van der Waals surface area contributed by atoms with E-state index in [1.807, 2.05) is 49.9 Å². The van der Waals surface area contributed by atoms with Gasteiger partial charge in [0.2, 0.25) is 0 Å². The van der Waals surface area contributed by atoms with Gasteiger partial charge < -0.3 is 10.0 Å². The second-order valence-electron chi connectivity index (χ2n) is 4.95. The Bertz CT molecular complexity index is 385. The van der Waals surface area contributed by atoms with Crippen LogP contribution >= 0.6 is 0 Å². The van der Waals surface area contributed by atoms with Crippen LogP contribution < -0.4 is 4.90 Å². The quantitative estimate of drug-likeness (QED) is 0.839. The normalized spacial score (nSPS) is 11.0. The van der Waals surface area contributed by atoms with E-state index in [-0.39, 0.29) is 12.6 Å². The molecule has 0 aliphatic carbocycles. The molecule has 0 aliphatic heterocycles. The van der Waals surface area contributed by atoms with E-state index in [1.54, 1.807) is 0 Å². The predicted octanol–water partition coefficient (Wildman–Crippen LogP) is 2.05. The van der Waals surface area contributed by atoms with Gasteiger partial charge >= 0.3 is 5.97 Å². The third-order valence-corrected chi connectivity index (χ3v) is 2.91. The minimum absolute atomic E-state index is 0.0765. The zero-order valence-electron chi connectivity index (χ0n) is 11.6. The number of carbonyl (C=O) groups is 1. The number of hydrogen-bond donors (Lipinski definition) is 1.